The van der Waals surface area contributed by atoms with Crippen molar-refractivity contribution in [3.8, 4) is 0 Å². The number of carbonyl (C=O) groups excluding carboxylic acids is 1. The molecule has 6 rings (SSSR count). The molecule has 4 bridgehead atoms. The van der Waals surface area contributed by atoms with E-state index in [-0.39, 0.29) is 16.7 Å². The van der Waals surface area contributed by atoms with Crippen LogP contribution in [0.4, 0.5) is 0 Å². The minimum Gasteiger partial charge on any atom is -0.355 e. The number of carbonyl (C=O) groups is 1. The lowest BCUT2D eigenvalue weighted by atomic mass is 9.42. The number of aromatic nitrogens is 3. The van der Waals surface area contributed by atoms with Crippen LogP contribution in [0.2, 0.25) is 0 Å². The summed E-state index contributed by atoms with van der Waals surface area (Å²) < 4.78 is 2.65. The van der Waals surface area contributed by atoms with Crippen molar-refractivity contribution in [2.45, 2.75) is 70.8 Å². The summed E-state index contributed by atoms with van der Waals surface area (Å²) in [5, 5.41) is 10.5. The third kappa shape index (κ3) is 3.24. The van der Waals surface area contributed by atoms with Crippen molar-refractivity contribution in [2.75, 3.05) is 6.54 Å². The van der Waals surface area contributed by atoms with Gasteiger partial charge in [0.15, 0.2) is 4.77 Å². The number of H-pyrrole nitrogens is 1. The van der Waals surface area contributed by atoms with Gasteiger partial charge in [0.05, 0.1) is 5.41 Å². The Balaban J connectivity index is 1.33. The van der Waals surface area contributed by atoms with Crippen LogP contribution in [0.1, 0.15) is 62.4 Å². The first-order valence-corrected chi connectivity index (χ1v) is 11.8. The average molecular weight is 425 g/mol. The smallest absolute Gasteiger partial charge is 0.226 e. The van der Waals surface area contributed by atoms with Crippen LogP contribution in [-0.4, -0.2) is 27.2 Å². The van der Waals surface area contributed by atoms with Gasteiger partial charge in [-0.1, -0.05) is 29.8 Å². The normalized spacial score (nSPS) is 31.8. The summed E-state index contributed by atoms with van der Waals surface area (Å²) in [7, 11) is 0. The van der Waals surface area contributed by atoms with Gasteiger partial charge in [-0.25, -0.2) is 0 Å². The van der Waals surface area contributed by atoms with Crippen LogP contribution in [0.25, 0.3) is 0 Å². The molecule has 30 heavy (non-hydrogen) atoms. The molecule has 6 heteroatoms. The lowest BCUT2D eigenvalue weighted by Crippen LogP contribution is -2.59. The number of aryl methyl sites for hydroxylation is 1. The fourth-order valence-corrected chi connectivity index (χ4v) is 7.40. The number of aromatic amines is 1. The van der Waals surface area contributed by atoms with Crippen molar-refractivity contribution >= 4 is 18.1 Å². The average Bonchev–Trinajstić information content (AvgIpc) is 3.06. The van der Waals surface area contributed by atoms with Gasteiger partial charge in [0.1, 0.15) is 5.82 Å². The third-order valence-electron chi connectivity index (χ3n) is 7.99. The summed E-state index contributed by atoms with van der Waals surface area (Å²) in [5.41, 5.74) is 2.77. The largest absolute Gasteiger partial charge is 0.355 e. The van der Waals surface area contributed by atoms with Gasteiger partial charge in [-0.2, -0.15) is 5.10 Å². The monoisotopic (exact) mass is 424 g/mol. The Bertz CT molecular complexity index is 991. The van der Waals surface area contributed by atoms with E-state index in [0.29, 0.717) is 29.6 Å². The van der Waals surface area contributed by atoms with Crippen molar-refractivity contribution in [3.05, 3.63) is 46.0 Å². The summed E-state index contributed by atoms with van der Waals surface area (Å²) in [6, 6.07) is 9.12. The minimum absolute atomic E-state index is 0.190. The Morgan fingerprint density at radius 3 is 2.60 bits per heavy atom. The molecule has 2 N–H and O–H groups in total. The quantitative estimate of drug-likeness (QED) is 0.673. The van der Waals surface area contributed by atoms with E-state index in [4.69, 9.17) is 12.2 Å². The number of benzene rings is 1. The van der Waals surface area contributed by atoms with Gasteiger partial charge in [0.25, 0.3) is 0 Å². The van der Waals surface area contributed by atoms with Crippen molar-refractivity contribution in [3.63, 3.8) is 0 Å². The molecule has 4 aliphatic rings. The molecule has 2 unspecified atom stereocenters. The van der Waals surface area contributed by atoms with Gasteiger partial charge < -0.3 is 9.88 Å². The van der Waals surface area contributed by atoms with Crippen molar-refractivity contribution in [1.82, 2.24) is 20.1 Å². The van der Waals surface area contributed by atoms with E-state index >= 15 is 0 Å². The van der Waals surface area contributed by atoms with Gasteiger partial charge in [-0.3, -0.25) is 9.89 Å². The van der Waals surface area contributed by atoms with Crippen LogP contribution in [0.5, 0.6) is 0 Å². The number of hydrogen-bond acceptors (Lipinski definition) is 3. The molecule has 0 aliphatic heterocycles. The van der Waals surface area contributed by atoms with Crippen LogP contribution in [0.15, 0.2) is 24.3 Å². The second-order valence-electron chi connectivity index (χ2n) is 10.1. The first-order chi connectivity index (χ1) is 14.4. The van der Waals surface area contributed by atoms with E-state index < -0.39 is 0 Å². The Labute approximate surface area is 183 Å². The van der Waals surface area contributed by atoms with Gasteiger partial charge in [0.2, 0.25) is 5.91 Å². The Morgan fingerprint density at radius 1 is 1.23 bits per heavy atom. The van der Waals surface area contributed by atoms with Crippen LogP contribution in [0.3, 0.4) is 0 Å². The molecule has 1 aromatic heterocycles. The van der Waals surface area contributed by atoms with E-state index in [1.165, 1.54) is 30.4 Å². The third-order valence-corrected chi connectivity index (χ3v) is 8.31. The van der Waals surface area contributed by atoms with Gasteiger partial charge >= 0.3 is 0 Å². The molecule has 0 spiro atoms. The van der Waals surface area contributed by atoms with Crippen LogP contribution in [-0.2, 0) is 23.2 Å². The Morgan fingerprint density at radius 2 is 1.93 bits per heavy atom. The van der Waals surface area contributed by atoms with Crippen molar-refractivity contribution < 1.29 is 4.79 Å². The molecule has 4 aliphatic carbocycles. The first kappa shape index (κ1) is 20.0. The molecule has 0 radical (unpaired) electrons. The zero-order valence-corrected chi connectivity index (χ0v) is 18.9. The highest BCUT2D eigenvalue weighted by Crippen LogP contribution is 2.65. The van der Waals surface area contributed by atoms with E-state index in [2.05, 4.69) is 53.6 Å². The maximum atomic E-state index is 13.5. The number of rotatable bonds is 6. The molecule has 1 aromatic carbocycles. The second kappa shape index (κ2) is 7.33. The van der Waals surface area contributed by atoms with Crippen LogP contribution < -0.4 is 5.32 Å². The lowest BCUT2D eigenvalue weighted by molar-refractivity contribution is -0.149. The van der Waals surface area contributed by atoms with E-state index in [0.717, 1.165) is 31.6 Å². The molecule has 2 atom stereocenters. The molecule has 1 amide bonds. The van der Waals surface area contributed by atoms with Crippen molar-refractivity contribution in [2.24, 2.45) is 17.3 Å². The number of hydrogen-bond donors (Lipinski definition) is 2. The highest BCUT2D eigenvalue weighted by atomic mass is 32.1. The highest BCUT2D eigenvalue weighted by Gasteiger charge is 2.60. The number of nitrogens with zero attached hydrogens (tertiary/aromatic N) is 2. The zero-order chi connectivity index (χ0) is 20.9. The summed E-state index contributed by atoms with van der Waals surface area (Å²) in [5.74, 6) is 2.57. The fourth-order valence-electron chi connectivity index (χ4n) is 7.12. The Hall–Kier alpha value is -1.95. The zero-order valence-electron chi connectivity index (χ0n) is 18.0. The molecule has 160 valence electrons. The van der Waals surface area contributed by atoms with E-state index in [1.54, 1.807) is 0 Å². The molecule has 2 aromatic rings. The standard InChI is InChI=1S/C24H32N4OS/c1-3-28-20(26-27-22(28)30)8-9-25-21(29)24-13-17-10-18(14-24)12-23(11-17,15-24)19-6-4-16(2)5-7-19/h4-7,17-18H,3,8-15H2,1-2H3,(H,25,29)(H,27,30). The predicted molar refractivity (Wildman–Crippen MR) is 120 cm³/mol. The summed E-state index contributed by atoms with van der Waals surface area (Å²) >= 11 is 5.28. The Kier molecular flexibility index (Phi) is 4.88. The highest BCUT2D eigenvalue weighted by molar-refractivity contribution is 7.71. The van der Waals surface area contributed by atoms with Crippen LogP contribution in [0, 0.1) is 28.9 Å². The number of amides is 1. The lowest BCUT2D eigenvalue weighted by Gasteiger charge is -2.61. The molecule has 5 nitrogen and oxygen atoms in total. The molecule has 1 heterocycles. The molecular formula is C24H32N4OS. The first-order valence-electron chi connectivity index (χ1n) is 11.4. The van der Waals surface area contributed by atoms with Gasteiger partial charge in [-0.15, -0.1) is 0 Å². The van der Waals surface area contributed by atoms with Gasteiger partial charge in [0, 0.05) is 19.5 Å². The minimum atomic E-state index is -0.190. The second-order valence-corrected chi connectivity index (χ2v) is 10.5. The maximum absolute atomic E-state index is 13.5. The topological polar surface area (TPSA) is 62.7 Å². The molecular weight excluding hydrogens is 392 g/mol. The maximum Gasteiger partial charge on any atom is 0.226 e. The van der Waals surface area contributed by atoms with E-state index in [9.17, 15) is 4.79 Å². The van der Waals surface area contributed by atoms with E-state index in [1.807, 2.05) is 4.57 Å². The molecule has 0 saturated heterocycles. The van der Waals surface area contributed by atoms with Gasteiger partial charge in [-0.05, 0) is 87.4 Å². The fraction of sp³-hybridized carbons (Fsp3) is 0.625. The molecule has 4 fully saturated rings. The number of nitrogens with one attached hydrogen (secondary N) is 2. The summed E-state index contributed by atoms with van der Waals surface area (Å²) in [6.07, 6.45) is 7.68. The predicted octanol–water partition coefficient (Wildman–Crippen LogP) is 4.47. The summed E-state index contributed by atoms with van der Waals surface area (Å²) in [6.45, 7) is 5.63. The van der Waals surface area contributed by atoms with Crippen LogP contribution >= 0.6 is 12.2 Å². The van der Waals surface area contributed by atoms with Crippen molar-refractivity contribution in [1.29, 1.82) is 0 Å². The molecule has 4 saturated carbocycles. The summed E-state index contributed by atoms with van der Waals surface area (Å²) in [4.78, 5) is 13.5. The SMILES string of the molecule is CCn1c(CCNC(=O)C23CC4CC(C2)CC(c2ccc(C)cc2)(C4)C3)n[nH]c1=S.